The van der Waals surface area contributed by atoms with Gasteiger partial charge in [-0.05, 0) is 0 Å². The maximum Gasteiger partial charge on any atom is 0.119 e. The number of hydrogen-bond donors (Lipinski definition) is 0. The predicted molar refractivity (Wildman–Crippen MR) is 113 cm³/mol. The molecule has 132 valence electrons. The fourth-order valence-electron chi connectivity index (χ4n) is 2.58. The molecule has 0 aromatic carbocycles. The van der Waals surface area contributed by atoms with E-state index in [-0.39, 0.29) is 0 Å². The lowest BCUT2D eigenvalue weighted by molar-refractivity contribution is 0.248. The molecule has 0 unspecified atom stereocenters. The van der Waals surface area contributed by atoms with Crippen LogP contribution in [-0.2, 0) is 0 Å². The summed E-state index contributed by atoms with van der Waals surface area (Å²) in [7, 11) is 0.898. The van der Waals surface area contributed by atoms with Crippen molar-refractivity contribution in [2.24, 2.45) is 0 Å². The minimum atomic E-state index is 0.758. The Bertz CT molecular complexity index is 423. The Kier molecular flexibility index (Phi) is 12.0. The normalized spacial score (nSPS) is 9.50. The highest BCUT2D eigenvalue weighted by molar-refractivity contribution is 6.21. The van der Waals surface area contributed by atoms with Crippen LogP contribution >= 0.6 is 0 Å². The molecule has 0 bridgehead atoms. The molecule has 0 aliphatic rings. The highest BCUT2D eigenvalue weighted by atomic mass is 28.1. The van der Waals surface area contributed by atoms with Crippen LogP contribution < -0.4 is 0 Å². The molecule has 0 saturated heterocycles. The van der Waals surface area contributed by atoms with Crippen LogP contribution in [-0.4, -0.2) is 64.2 Å². The monoisotopic (exact) mass is 343 g/mol. The maximum absolute atomic E-state index is 3.90. The molecule has 0 fully saturated rings. The molecule has 0 aromatic rings. The summed E-state index contributed by atoms with van der Waals surface area (Å²) >= 11 is 0. The van der Waals surface area contributed by atoms with Crippen molar-refractivity contribution in [1.82, 2.24) is 14.7 Å². The largest absolute Gasteiger partial charge is 0.369 e. The van der Waals surface area contributed by atoms with Crippen molar-refractivity contribution in [3.8, 4) is 0 Å². The predicted octanol–water partition coefficient (Wildman–Crippen LogP) is 2.50. The lowest BCUT2D eigenvalue weighted by Crippen LogP contribution is -2.40. The quantitative estimate of drug-likeness (QED) is 0.334. The van der Waals surface area contributed by atoms with Crippen LogP contribution in [0.15, 0.2) is 87.1 Å². The van der Waals surface area contributed by atoms with Gasteiger partial charge in [0.15, 0.2) is 0 Å². The molecule has 0 N–H and O–H groups in total. The Morgan fingerprint density at radius 3 is 1.04 bits per heavy atom. The van der Waals surface area contributed by atoms with Gasteiger partial charge in [0.25, 0.3) is 0 Å². The molecule has 0 radical (unpaired) electrons. The van der Waals surface area contributed by atoms with E-state index in [1.165, 1.54) is 11.1 Å². The second-order valence-electron chi connectivity index (χ2n) is 5.36. The van der Waals surface area contributed by atoms with E-state index < -0.39 is 0 Å². The van der Waals surface area contributed by atoms with Gasteiger partial charge < -0.3 is 14.7 Å². The molecule has 0 rings (SSSR count). The summed E-state index contributed by atoms with van der Waals surface area (Å²) in [5, 5.41) is 1.29. The van der Waals surface area contributed by atoms with Crippen LogP contribution in [0.25, 0.3) is 0 Å². The molecular formula is C20H33N3Si. The van der Waals surface area contributed by atoms with Gasteiger partial charge in [0, 0.05) is 44.6 Å². The SMILES string of the molecule is C=CCN(CC=C)C([SiH3])=C(N(CC=C)CC=C)N(CC=C)CC=C. The lowest BCUT2D eigenvalue weighted by atomic mass is 10.3. The maximum atomic E-state index is 3.90. The third kappa shape index (κ3) is 6.92. The first-order chi connectivity index (χ1) is 11.6. The van der Waals surface area contributed by atoms with Gasteiger partial charge in [-0.2, -0.15) is 0 Å². The number of rotatable bonds is 15. The summed E-state index contributed by atoms with van der Waals surface area (Å²) in [4.78, 5) is 6.88. The third-order valence-electron chi connectivity index (χ3n) is 3.49. The molecule has 3 nitrogen and oxygen atoms in total. The van der Waals surface area contributed by atoms with E-state index in [2.05, 4.69) is 54.2 Å². The minimum Gasteiger partial charge on any atom is -0.369 e. The lowest BCUT2D eigenvalue weighted by Gasteiger charge is -2.38. The summed E-state index contributed by atoms with van der Waals surface area (Å²) in [5.74, 6) is 1.19. The van der Waals surface area contributed by atoms with Gasteiger partial charge in [0.1, 0.15) is 5.82 Å². The first kappa shape index (κ1) is 21.8. The van der Waals surface area contributed by atoms with Crippen LogP contribution in [0.3, 0.4) is 0 Å². The van der Waals surface area contributed by atoms with Gasteiger partial charge in [-0.15, -0.1) is 39.5 Å². The fraction of sp³-hybridized carbons (Fsp3) is 0.300. The van der Waals surface area contributed by atoms with E-state index >= 15 is 0 Å². The average molecular weight is 344 g/mol. The Hall–Kier alpha value is -2.20. The van der Waals surface area contributed by atoms with E-state index in [1.807, 2.05) is 36.5 Å². The Morgan fingerprint density at radius 2 is 0.792 bits per heavy atom. The molecule has 24 heavy (non-hydrogen) atoms. The summed E-state index contributed by atoms with van der Waals surface area (Å²) in [5.41, 5.74) is 0. The van der Waals surface area contributed by atoms with Crippen molar-refractivity contribution in [2.45, 2.75) is 0 Å². The molecule has 0 atom stereocenters. The molecule has 0 saturated carbocycles. The van der Waals surface area contributed by atoms with Gasteiger partial charge >= 0.3 is 0 Å². The molecule has 0 amide bonds. The van der Waals surface area contributed by atoms with Crippen molar-refractivity contribution in [3.63, 3.8) is 0 Å². The summed E-state index contributed by atoms with van der Waals surface area (Å²) < 4.78 is 0. The Morgan fingerprint density at radius 1 is 0.542 bits per heavy atom. The first-order valence-electron chi connectivity index (χ1n) is 8.22. The molecule has 0 heterocycles. The van der Waals surface area contributed by atoms with Crippen molar-refractivity contribution >= 4 is 10.2 Å². The highest BCUT2D eigenvalue weighted by Gasteiger charge is 2.19. The summed E-state index contributed by atoms with van der Waals surface area (Å²) in [6.07, 6.45) is 11.5. The van der Waals surface area contributed by atoms with Crippen molar-refractivity contribution in [3.05, 3.63) is 87.1 Å². The summed E-state index contributed by atoms with van der Waals surface area (Å²) in [6.45, 7) is 28.0. The first-order valence-corrected chi connectivity index (χ1v) is 9.22. The van der Waals surface area contributed by atoms with E-state index in [4.69, 9.17) is 0 Å². The zero-order valence-corrected chi connectivity index (χ0v) is 17.3. The summed E-state index contributed by atoms with van der Waals surface area (Å²) in [6, 6.07) is 0. The molecule has 0 aliphatic carbocycles. The molecule has 0 aliphatic heterocycles. The van der Waals surface area contributed by atoms with Crippen LogP contribution in [0.4, 0.5) is 0 Å². The van der Waals surface area contributed by atoms with Gasteiger partial charge in [0.2, 0.25) is 0 Å². The smallest absolute Gasteiger partial charge is 0.119 e. The van der Waals surface area contributed by atoms with Crippen LogP contribution in [0, 0.1) is 0 Å². The van der Waals surface area contributed by atoms with Crippen LogP contribution in [0.5, 0.6) is 0 Å². The highest BCUT2D eigenvalue weighted by Crippen LogP contribution is 2.18. The zero-order valence-electron chi connectivity index (χ0n) is 15.3. The second-order valence-corrected chi connectivity index (χ2v) is 6.30. The molecule has 4 heteroatoms. The molecule has 0 spiro atoms. The van der Waals surface area contributed by atoms with Gasteiger partial charge in [-0.1, -0.05) is 36.5 Å². The van der Waals surface area contributed by atoms with E-state index in [9.17, 15) is 0 Å². The zero-order chi connectivity index (χ0) is 18.4. The van der Waals surface area contributed by atoms with Crippen molar-refractivity contribution < 1.29 is 0 Å². The fourth-order valence-corrected chi connectivity index (χ4v) is 3.58. The van der Waals surface area contributed by atoms with Gasteiger partial charge in [-0.25, -0.2) is 0 Å². The topological polar surface area (TPSA) is 9.72 Å². The molecular weight excluding hydrogens is 310 g/mol. The van der Waals surface area contributed by atoms with E-state index in [0.717, 1.165) is 49.5 Å². The van der Waals surface area contributed by atoms with Crippen LogP contribution in [0.1, 0.15) is 0 Å². The third-order valence-corrected chi connectivity index (χ3v) is 4.57. The minimum absolute atomic E-state index is 0.758. The van der Waals surface area contributed by atoms with Gasteiger partial charge in [-0.3, -0.25) is 0 Å². The average Bonchev–Trinajstić information content (AvgIpc) is 2.55. The standard InChI is InChI=1S/C20H33N3Si/c1-7-13-21(14-8-2)19(22(15-9-3)16-10-4)20(24)23(17-11-5)18-12-6/h7-12H,1-6,13-18H2,24H3. The van der Waals surface area contributed by atoms with Gasteiger partial charge in [0.05, 0.1) is 10.2 Å². The van der Waals surface area contributed by atoms with Crippen molar-refractivity contribution in [2.75, 3.05) is 39.3 Å². The second kappa shape index (κ2) is 13.3. The van der Waals surface area contributed by atoms with Crippen LogP contribution in [0.2, 0.25) is 0 Å². The number of hydrogen-bond acceptors (Lipinski definition) is 3. The Balaban J connectivity index is 6.12. The number of nitrogens with zero attached hydrogens (tertiary/aromatic N) is 3. The Labute approximate surface area is 151 Å². The van der Waals surface area contributed by atoms with E-state index in [0.29, 0.717) is 0 Å². The van der Waals surface area contributed by atoms with Crippen molar-refractivity contribution in [1.29, 1.82) is 0 Å². The molecule has 0 aromatic heterocycles. The van der Waals surface area contributed by atoms with E-state index in [1.54, 1.807) is 0 Å².